The Morgan fingerprint density at radius 3 is 2.45 bits per heavy atom. The first kappa shape index (κ1) is 15.8. The van der Waals surface area contributed by atoms with Crippen molar-refractivity contribution < 1.29 is 9.53 Å². The number of benzene rings is 2. The maximum absolute atomic E-state index is 11.0. The molecule has 6 heteroatoms. The molecule has 0 unspecified atom stereocenters. The molecule has 0 atom stereocenters. The van der Waals surface area contributed by atoms with Gasteiger partial charge in [-0.15, -0.1) is 0 Å². The molecule has 0 fully saturated rings. The summed E-state index contributed by atoms with van der Waals surface area (Å²) in [4.78, 5) is 11.0. The second-order valence-electron chi connectivity index (χ2n) is 4.45. The molecule has 2 aromatic rings. The zero-order chi connectivity index (χ0) is 15.9. The van der Waals surface area contributed by atoms with E-state index in [9.17, 15) is 4.79 Å². The van der Waals surface area contributed by atoms with E-state index in [0.717, 1.165) is 17.1 Å². The number of amides is 1. The van der Waals surface area contributed by atoms with Gasteiger partial charge < -0.3 is 21.1 Å². The minimum atomic E-state index is -0.460. The minimum absolute atomic E-state index is 0.430. The third-order valence-corrected chi connectivity index (χ3v) is 3.07. The molecule has 2 rings (SSSR count). The summed E-state index contributed by atoms with van der Waals surface area (Å²) >= 11 is 5.28. The molecule has 2 aromatic carbocycles. The van der Waals surface area contributed by atoms with E-state index in [-0.39, 0.29) is 0 Å². The first-order valence-electron chi connectivity index (χ1n) is 6.80. The minimum Gasteiger partial charge on any atom is -0.492 e. The summed E-state index contributed by atoms with van der Waals surface area (Å²) in [7, 11) is 0. The van der Waals surface area contributed by atoms with Gasteiger partial charge in [-0.1, -0.05) is 12.1 Å². The average Bonchev–Trinajstić information content (AvgIpc) is 2.50. The van der Waals surface area contributed by atoms with Crippen LogP contribution in [0.1, 0.15) is 17.3 Å². The molecule has 0 radical (unpaired) electrons. The largest absolute Gasteiger partial charge is 0.492 e. The Labute approximate surface area is 134 Å². The van der Waals surface area contributed by atoms with Gasteiger partial charge >= 0.3 is 0 Å². The highest BCUT2D eigenvalue weighted by Crippen LogP contribution is 2.23. The van der Waals surface area contributed by atoms with Crippen molar-refractivity contribution in [3.8, 4) is 5.75 Å². The van der Waals surface area contributed by atoms with Crippen LogP contribution in [0.5, 0.6) is 5.75 Å². The van der Waals surface area contributed by atoms with Gasteiger partial charge in [0.05, 0.1) is 12.3 Å². The molecule has 0 saturated carbocycles. The average molecular weight is 315 g/mol. The van der Waals surface area contributed by atoms with Crippen LogP contribution in [0, 0.1) is 0 Å². The van der Waals surface area contributed by atoms with Gasteiger partial charge in [-0.25, -0.2) is 0 Å². The summed E-state index contributed by atoms with van der Waals surface area (Å²) in [6.45, 7) is 2.50. The molecule has 0 aliphatic heterocycles. The Morgan fingerprint density at radius 2 is 1.82 bits per heavy atom. The van der Waals surface area contributed by atoms with Crippen molar-refractivity contribution in [3.05, 3.63) is 54.1 Å². The summed E-state index contributed by atoms with van der Waals surface area (Å²) in [5.74, 6) is 0.274. The molecule has 5 nitrogen and oxygen atoms in total. The number of nitrogens with two attached hydrogens (primary N) is 1. The van der Waals surface area contributed by atoms with Crippen molar-refractivity contribution in [2.45, 2.75) is 6.92 Å². The SMILES string of the molecule is CCOc1ccccc1NC(=S)Nc1ccc(C(N)=O)cc1. The predicted octanol–water partition coefficient (Wildman–Crippen LogP) is 2.99. The number of carbonyl (C=O) groups is 1. The zero-order valence-corrected chi connectivity index (χ0v) is 12.9. The van der Waals surface area contributed by atoms with E-state index in [4.69, 9.17) is 22.7 Å². The first-order valence-corrected chi connectivity index (χ1v) is 7.20. The van der Waals surface area contributed by atoms with Gasteiger partial charge in [0.1, 0.15) is 5.75 Å². The lowest BCUT2D eigenvalue weighted by atomic mass is 10.2. The van der Waals surface area contributed by atoms with Gasteiger partial charge in [-0.05, 0) is 55.5 Å². The molecular weight excluding hydrogens is 298 g/mol. The lowest BCUT2D eigenvalue weighted by Gasteiger charge is -2.14. The van der Waals surface area contributed by atoms with E-state index in [1.54, 1.807) is 24.3 Å². The molecule has 0 aromatic heterocycles. The van der Waals surface area contributed by atoms with Crippen LogP contribution < -0.4 is 21.1 Å². The van der Waals surface area contributed by atoms with Crippen LogP contribution in [0.15, 0.2) is 48.5 Å². The molecule has 22 heavy (non-hydrogen) atoms. The van der Waals surface area contributed by atoms with E-state index in [1.807, 2.05) is 31.2 Å². The van der Waals surface area contributed by atoms with Crippen molar-refractivity contribution >= 4 is 34.6 Å². The van der Waals surface area contributed by atoms with Crippen LogP contribution in [0.3, 0.4) is 0 Å². The van der Waals surface area contributed by atoms with Crippen LogP contribution in [-0.4, -0.2) is 17.6 Å². The van der Waals surface area contributed by atoms with Gasteiger partial charge in [0, 0.05) is 11.3 Å². The number of primary amides is 1. The number of ether oxygens (including phenoxy) is 1. The molecule has 0 spiro atoms. The standard InChI is InChI=1S/C16H17N3O2S/c1-2-21-14-6-4-3-5-13(14)19-16(22)18-12-9-7-11(8-10-12)15(17)20/h3-10H,2H2,1H3,(H2,17,20)(H2,18,19,22). The molecule has 0 saturated heterocycles. The van der Waals surface area contributed by atoms with Gasteiger partial charge in [-0.2, -0.15) is 0 Å². The number of anilines is 2. The highest BCUT2D eigenvalue weighted by Gasteiger charge is 2.05. The van der Waals surface area contributed by atoms with E-state index in [0.29, 0.717) is 17.3 Å². The Kier molecular flexibility index (Phi) is 5.32. The van der Waals surface area contributed by atoms with E-state index in [1.165, 1.54) is 0 Å². The number of hydrogen-bond donors (Lipinski definition) is 3. The van der Waals surface area contributed by atoms with Gasteiger partial charge in [-0.3, -0.25) is 4.79 Å². The van der Waals surface area contributed by atoms with E-state index < -0.39 is 5.91 Å². The number of thiocarbonyl (C=S) groups is 1. The van der Waals surface area contributed by atoms with Crippen molar-refractivity contribution in [2.75, 3.05) is 17.2 Å². The number of rotatable bonds is 5. The number of carbonyl (C=O) groups excluding carboxylic acids is 1. The molecular formula is C16H17N3O2S. The monoisotopic (exact) mass is 315 g/mol. The quantitative estimate of drug-likeness (QED) is 0.740. The molecule has 0 aliphatic rings. The van der Waals surface area contributed by atoms with Crippen LogP contribution in [0.4, 0.5) is 11.4 Å². The summed E-state index contributed by atoms with van der Waals surface area (Å²) in [5, 5.41) is 6.55. The molecule has 0 aliphatic carbocycles. The van der Waals surface area contributed by atoms with E-state index >= 15 is 0 Å². The highest BCUT2D eigenvalue weighted by atomic mass is 32.1. The highest BCUT2D eigenvalue weighted by molar-refractivity contribution is 7.80. The van der Waals surface area contributed by atoms with Crippen molar-refractivity contribution in [3.63, 3.8) is 0 Å². The number of para-hydroxylation sites is 2. The molecule has 0 heterocycles. The molecule has 1 amide bonds. The van der Waals surface area contributed by atoms with Gasteiger partial charge in [0.2, 0.25) is 5.91 Å². The van der Waals surface area contributed by atoms with Crippen LogP contribution in [0.2, 0.25) is 0 Å². The summed E-state index contributed by atoms with van der Waals surface area (Å²) in [6.07, 6.45) is 0. The second-order valence-corrected chi connectivity index (χ2v) is 4.86. The third-order valence-electron chi connectivity index (χ3n) is 2.86. The van der Waals surface area contributed by atoms with Crippen molar-refractivity contribution in [2.24, 2.45) is 5.73 Å². The molecule has 0 bridgehead atoms. The normalized spacial score (nSPS) is 9.86. The predicted molar refractivity (Wildman–Crippen MR) is 92.4 cm³/mol. The Balaban J connectivity index is 2.02. The number of nitrogens with one attached hydrogen (secondary N) is 2. The summed E-state index contributed by atoms with van der Waals surface area (Å²) < 4.78 is 5.53. The second kappa shape index (κ2) is 7.42. The Bertz CT molecular complexity index is 671. The third kappa shape index (κ3) is 4.20. The van der Waals surface area contributed by atoms with Gasteiger partial charge in [0.15, 0.2) is 5.11 Å². The lowest BCUT2D eigenvalue weighted by molar-refractivity contribution is 0.100. The maximum Gasteiger partial charge on any atom is 0.248 e. The molecule has 4 N–H and O–H groups in total. The summed E-state index contributed by atoms with van der Waals surface area (Å²) in [6, 6.07) is 14.3. The Morgan fingerprint density at radius 1 is 1.14 bits per heavy atom. The first-order chi connectivity index (χ1) is 10.6. The fourth-order valence-corrected chi connectivity index (χ4v) is 2.08. The lowest BCUT2D eigenvalue weighted by Crippen LogP contribution is -2.19. The zero-order valence-electron chi connectivity index (χ0n) is 12.1. The van der Waals surface area contributed by atoms with E-state index in [2.05, 4.69) is 10.6 Å². The van der Waals surface area contributed by atoms with Crippen LogP contribution in [0.25, 0.3) is 0 Å². The van der Waals surface area contributed by atoms with Crippen LogP contribution >= 0.6 is 12.2 Å². The van der Waals surface area contributed by atoms with Crippen LogP contribution in [-0.2, 0) is 0 Å². The molecule has 114 valence electrons. The fraction of sp³-hybridized carbons (Fsp3) is 0.125. The van der Waals surface area contributed by atoms with Crippen molar-refractivity contribution in [1.82, 2.24) is 0 Å². The number of hydrogen-bond acceptors (Lipinski definition) is 3. The smallest absolute Gasteiger partial charge is 0.248 e. The van der Waals surface area contributed by atoms with Crippen molar-refractivity contribution in [1.29, 1.82) is 0 Å². The topological polar surface area (TPSA) is 76.4 Å². The Hall–Kier alpha value is -2.60. The maximum atomic E-state index is 11.0. The summed E-state index contributed by atoms with van der Waals surface area (Å²) in [5.41, 5.74) is 7.20. The van der Waals surface area contributed by atoms with Gasteiger partial charge in [0.25, 0.3) is 0 Å². The fourth-order valence-electron chi connectivity index (χ4n) is 1.85.